The molecule has 29 heavy (non-hydrogen) atoms. The zero-order valence-corrected chi connectivity index (χ0v) is 18.9. The van der Waals surface area contributed by atoms with Gasteiger partial charge in [-0.3, -0.25) is 9.69 Å². The first kappa shape index (κ1) is 23.2. The monoisotopic (exact) mass is 403 g/mol. The first-order chi connectivity index (χ1) is 13.6. The summed E-state index contributed by atoms with van der Waals surface area (Å²) >= 11 is 0. The van der Waals surface area contributed by atoms with Crippen LogP contribution in [0.5, 0.6) is 0 Å². The van der Waals surface area contributed by atoms with E-state index >= 15 is 0 Å². The summed E-state index contributed by atoms with van der Waals surface area (Å²) in [5, 5.41) is 0. The zero-order chi connectivity index (χ0) is 21.6. The molecule has 1 aromatic carbocycles. The molecule has 2 amide bonds. The van der Waals surface area contributed by atoms with Crippen LogP contribution in [0.15, 0.2) is 30.3 Å². The van der Waals surface area contributed by atoms with Crippen LogP contribution in [0.2, 0.25) is 0 Å². The van der Waals surface area contributed by atoms with Gasteiger partial charge in [-0.15, -0.1) is 0 Å². The highest BCUT2D eigenvalue weighted by molar-refractivity contribution is 5.94. The van der Waals surface area contributed by atoms with Gasteiger partial charge in [-0.2, -0.15) is 0 Å². The minimum absolute atomic E-state index is 0.0751. The molecule has 0 saturated carbocycles. The summed E-state index contributed by atoms with van der Waals surface area (Å²) in [6, 6.07) is 9.78. The molecule has 6 heteroatoms. The highest BCUT2D eigenvalue weighted by Crippen LogP contribution is 2.21. The third kappa shape index (κ3) is 7.35. The molecule has 0 aliphatic carbocycles. The van der Waals surface area contributed by atoms with Gasteiger partial charge in [0.15, 0.2) is 0 Å². The molecule has 1 aliphatic rings. The highest BCUT2D eigenvalue weighted by atomic mass is 16.6. The molecule has 1 aliphatic heterocycles. The third-order valence-electron chi connectivity index (χ3n) is 5.19. The zero-order valence-electron chi connectivity index (χ0n) is 18.9. The number of piperidine rings is 1. The number of nitrogens with zero attached hydrogens (tertiary/aromatic N) is 3. The molecule has 1 unspecified atom stereocenters. The summed E-state index contributed by atoms with van der Waals surface area (Å²) in [7, 11) is 1.82. The quantitative estimate of drug-likeness (QED) is 0.720. The Kier molecular flexibility index (Phi) is 8.08. The Morgan fingerprint density at radius 2 is 1.86 bits per heavy atom. The highest BCUT2D eigenvalue weighted by Gasteiger charge is 2.29. The lowest BCUT2D eigenvalue weighted by molar-refractivity contribution is -0.120. The number of para-hydroxylation sites is 1. The summed E-state index contributed by atoms with van der Waals surface area (Å²) in [6.45, 7) is 12.5. The molecule has 1 heterocycles. The number of carbonyl (C=O) groups is 2. The second-order valence-electron chi connectivity index (χ2n) is 9.26. The van der Waals surface area contributed by atoms with E-state index in [0.717, 1.165) is 31.6 Å². The molecular weight excluding hydrogens is 366 g/mol. The van der Waals surface area contributed by atoms with Crippen LogP contribution in [0.25, 0.3) is 0 Å². The van der Waals surface area contributed by atoms with Gasteiger partial charge in [0.2, 0.25) is 5.91 Å². The van der Waals surface area contributed by atoms with Crippen molar-refractivity contribution in [3.63, 3.8) is 0 Å². The van der Waals surface area contributed by atoms with Crippen molar-refractivity contribution in [2.75, 3.05) is 38.1 Å². The number of hydrogen-bond donors (Lipinski definition) is 0. The number of hydrogen-bond acceptors (Lipinski definition) is 4. The summed E-state index contributed by atoms with van der Waals surface area (Å²) in [4.78, 5) is 31.1. The van der Waals surface area contributed by atoms with Crippen molar-refractivity contribution in [2.24, 2.45) is 5.92 Å². The lowest BCUT2D eigenvalue weighted by atomic mass is 9.97. The number of benzene rings is 1. The van der Waals surface area contributed by atoms with Crippen molar-refractivity contribution >= 4 is 17.7 Å². The molecule has 1 fully saturated rings. The van der Waals surface area contributed by atoms with E-state index in [4.69, 9.17) is 4.74 Å². The Balaban J connectivity index is 1.93. The summed E-state index contributed by atoms with van der Waals surface area (Å²) in [5.41, 5.74) is 0.402. The number of anilines is 1. The summed E-state index contributed by atoms with van der Waals surface area (Å²) < 4.78 is 5.59. The minimum Gasteiger partial charge on any atom is -0.444 e. The van der Waals surface area contributed by atoms with Crippen molar-refractivity contribution in [3.8, 4) is 0 Å². The molecule has 162 valence electrons. The predicted molar refractivity (Wildman–Crippen MR) is 117 cm³/mol. The second-order valence-corrected chi connectivity index (χ2v) is 9.26. The fraction of sp³-hybridized carbons (Fsp3) is 0.652. The van der Waals surface area contributed by atoms with E-state index in [1.165, 1.54) is 0 Å². The van der Waals surface area contributed by atoms with Gasteiger partial charge in [0.05, 0.1) is 6.54 Å². The predicted octanol–water partition coefficient (Wildman–Crippen LogP) is 4.01. The van der Waals surface area contributed by atoms with Gasteiger partial charge >= 0.3 is 6.09 Å². The molecule has 0 spiro atoms. The standard InChI is InChI=1S/C23H37N3O3/c1-18(2)26(22(28)29-23(3,4)5)16-19-11-10-14-25(15-19)17-21(27)24(6)20-12-8-7-9-13-20/h7-9,12-13,18-19H,10-11,14-17H2,1-6H3. The van der Waals surface area contributed by atoms with E-state index in [9.17, 15) is 9.59 Å². The van der Waals surface area contributed by atoms with E-state index in [1.807, 2.05) is 76.9 Å². The number of amides is 2. The van der Waals surface area contributed by atoms with Gasteiger partial charge in [-0.1, -0.05) is 18.2 Å². The summed E-state index contributed by atoms with van der Waals surface area (Å²) in [5.74, 6) is 0.429. The Bertz CT molecular complexity index is 670. The smallest absolute Gasteiger partial charge is 0.410 e. The minimum atomic E-state index is -0.503. The maximum absolute atomic E-state index is 12.7. The normalized spacial score (nSPS) is 17.8. The van der Waals surface area contributed by atoms with E-state index in [0.29, 0.717) is 19.0 Å². The van der Waals surface area contributed by atoms with Crippen LogP contribution in [-0.4, -0.2) is 66.7 Å². The molecule has 1 aromatic rings. The van der Waals surface area contributed by atoms with E-state index in [2.05, 4.69) is 4.90 Å². The average Bonchev–Trinajstić information content (AvgIpc) is 2.64. The molecule has 0 bridgehead atoms. The molecular formula is C23H37N3O3. The fourth-order valence-electron chi connectivity index (χ4n) is 3.63. The molecule has 1 atom stereocenters. The van der Waals surface area contributed by atoms with Gasteiger partial charge in [0, 0.05) is 31.9 Å². The maximum Gasteiger partial charge on any atom is 0.410 e. The van der Waals surface area contributed by atoms with Gasteiger partial charge in [0.25, 0.3) is 0 Å². The van der Waals surface area contributed by atoms with Crippen molar-refractivity contribution in [2.45, 2.75) is 59.1 Å². The Morgan fingerprint density at radius 1 is 1.21 bits per heavy atom. The number of ether oxygens (including phenoxy) is 1. The molecule has 1 saturated heterocycles. The largest absolute Gasteiger partial charge is 0.444 e. The maximum atomic E-state index is 12.7. The molecule has 2 rings (SSSR count). The fourth-order valence-corrected chi connectivity index (χ4v) is 3.63. The number of likely N-dealkylation sites (N-methyl/N-ethyl adjacent to an activating group) is 1. The third-order valence-corrected chi connectivity index (χ3v) is 5.19. The van der Waals surface area contributed by atoms with Crippen molar-refractivity contribution in [3.05, 3.63) is 30.3 Å². The van der Waals surface area contributed by atoms with Crippen LogP contribution in [0.3, 0.4) is 0 Å². The second kappa shape index (κ2) is 10.1. The molecule has 0 aromatic heterocycles. The van der Waals surface area contributed by atoms with Crippen LogP contribution in [-0.2, 0) is 9.53 Å². The van der Waals surface area contributed by atoms with Crippen LogP contribution in [0, 0.1) is 5.92 Å². The van der Waals surface area contributed by atoms with Crippen molar-refractivity contribution in [1.29, 1.82) is 0 Å². The van der Waals surface area contributed by atoms with E-state index < -0.39 is 5.60 Å². The first-order valence-electron chi connectivity index (χ1n) is 10.6. The topological polar surface area (TPSA) is 53.1 Å². The first-order valence-corrected chi connectivity index (χ1v) is 10.6. The number of carbonyl (C=O) groups excluding carboxylic acids is 2. The van der Waals surface area contributed by atoms with Crippen LogP contribution in [0.4, 0.5) is 10.5 Å². The van der Waals surface area contributed by atoms with Crippen molar-refractivity contribution < 1.29 is 14.3 Å². The van der Waals surface area contributed by atoms with Crippen LogP contribution in [0.1, 0.15) is 47.5 Å². The van der Waals surface area contributed by atoms with E-state index in [1.54, 1.807) is 4.90 Å². The van der Waals surface area contributed by atoms with Gasteiger partial charge < -0.3 is 14.5 Å². The van der Waals surface area contributed by atoms with E-state index in [-0.39, 0.29) is 18.0 Å². The Morgan fingerprint density at radius 3 is 2.45 bits per heavy atom. The molecule has 0 radical (unpaired) electrons. The Hall–Kier alpha value is -2.08. The Labute approximate surface area is 175 Å². The van der Waals surface area contributed by atoms with Gasteiger partial charge in [0.1, 0.15) is 5.60 Å². The van der Waals surface area contributed by atoms with Gasteiger partial charge in [-0.25, -0.2) is 4.79 Å². The van der Waals surface area contributed by atoms with Crippen LogP contribution >= 0.6 is 0 Å². The lowest BCUT2D eigenvalue weighted by Gasteiger charge is -2.37. The molecule has 6 nitrogen and oxygen atoms in total. The number of likely N-dealkylation sites (tertiary alicyclic amines) is 1. The average molecular weight is 404 g/mol. The number of rotatable bonds is 6. The summed E-state index contributed by atoms with van der Waals surface area (Å²) in [6.07, 6.45) is 1.84. The SMILES string of the molecule is CC(C)N(CC1CCCN(CC(=O)N(C)c2ccccc2)C1)C(=O)OC(C)(C)C. The van der Waals surface area contributed by atoms with Crippen molar-refractivity contribution in [1.82, 2.24) is 9.80 Å². The lowest BCUT2D eigenvalue weighted by Crippen LogP contribution is -2.48. The van der Waals surface area contributed by atoms with Crippen LogP contribution < -0.4 is 4.90 Å². The van der Waals surface area contributed by atoms with Gasteiger partial charge in [-0.05, 0) is 72.1 Å². The molecule has 0 N–H and O–H groups in total.